The molecule has 1 aromatic carbocycles. The highest BCUT2D eigenvalue weighted by Crippen LogP contribution is 2.22. The predicted molar refractivity (Wildman–Crippen MR) is 77.7 cm³/mol. The maximum Gasteiger partial charge on any atom is 0.273 e. The Bertz CT molecular complexity index is 617. The molecule has 20 heavy (non-hydrogen) atoms. The van der Waals surface area contributed by atoms with E-state index in [9.17, 15) is 9.90 Å². The average Bonchev–Trinajstić information content (AvgIpc) is 2.80. The third kappa shape index (κ3) is 2.88. The number of carbonyl (C=O) groups excluding carboxylic acids is 1. The number of amides is 1. The third-order valence-electron chi connectivity index (χ3n) is 3.09. The lowest BCUT2D eigenvalue weighted by Crippen LogP contribution is -2.18. The molecule has 1 unspecified atom stereocenters. The van der Waals surface area contributed by atoms with Crippen molar-refractivity contribution < 1.29 is 9.90 Å². The largest absolute Gasteiger partial charge is 0.389 e. The second-order valence-corrected chi connectivity index (χ2v) is 4.70. The van der Waals surface area contributed by atoms with Crippen molar-refractivity contribution in [1.82, 2.24) is 9.78 Å². The van der Waals surface area contributed by atoms with Crippen molar-refractivity contribution in [2.24, 2.45) is 0 Å². The van der Waals surface area contributed by atoms with E-state index in [0.717, 1.165) is 5.69 Å². The van der Waals surface area contributed by atoms with Gasteiger partial charge in [0.05, 0.1) is 11.8 Å². The molecule has 0 aliphatic rings. The maximum absolute atomic E-state index is 12.3. The van der Waals surface area contributed by atoms with Gasteiger partial charge in [-0.3, -0.25) is 9.48 Å². The Morgan fingerprint density at radius 3 is 2.80 bits per heavy atom. The van der Waals surface area contributed by atoms with Gasteiger partial charge in [0, 0.05) is 17.8 Å². The van der Waals surface area contributed by atoms with Crippen molar-refractivity contribution in [2.45, 2.75) is 33.4 Å². The number of anilines is 1. The summed E-state index contributed by atoms with van der Waals surface area (Å²) in [6, 6.07) is 8.98. The van der Waals surface area contributed by atoms with Gasteiger partial charge >= 0.3 is 0 Å². The first-order valence-electron chi connectivity index (χ1n) is 6.65. The van der Waals surface area contributed by atoms with Crippen LogP contribution in [-0.4, -0.2) is 20.8 Å². The number of para-hydroxylation sites is 1. The number of hydrogen-bond donors (Lipinski definition) is 2. The summed E-state index contributed by atoms with van der Waals surface area (Å²) in [5.74, 6) is -0.222. The fourth-order valence-corrected chi connectivity index (χ4v) is 2.13. The van der Waals surface area contributed by atoms with Crippen LogP contribution < -0.4 is 5.32 Å². The second kappa shape index (κ2) is 5.88. The summed E-state index contributed by atoms with van der Waals surface area (Å²) in [6.07, 6.45) is -0.635. The van der Waals surface area contributed by atoms with E-state index in [4.69, 9.17) is 0 Å². The van der Waals surface area contributed by atoms with Crippen LogP contribution in [0, 0.1) is 6.92 Å². The summed E-state index contributed by atoms with van der Waals surface area (Å²) in [6.45, 7) is 6.10. The van der Waals surface area contributed by atoms with Crippen LogP contribution in [0.3, 0.4) is 0 Å². The highest BCUT2D eigenvalue weighted by molar-refractivity contribution is 6.03. The van der Waals surface area contributed by atoms with Crippen molar-refractivity contribution in [2.75, 3.05) is 5.32 Å². The van der Waals surface area contributed by atoms with E-state index in [1.165, 1.54) is 0 Å². The predicted octanol–water partition coefficient (Wildman–Crippen LogP) is 2.52. The van der Waals surface area contributed by atoms with Crippen LogP contribution in [0.25, 0.3) is 0 Å². The smallest absolute Gasteiger partial charge is 0.273 e. The molecule has 1 atom stereocenters. The number of benzene rings is 1. The standard InChI is InChI=1S/C15H19N3O2/c1-4-18-14(9-10(2)17-18)15(20)16-13-8-6-5-7-12(13)11(3)19/h5-9,11,19H,4H2,1-3H3,(H,16,20). The normalized spacial score (nSPS) is 12.2. The molecule has 5 heteroatoms. The minimum atomic E-state index is -0.635. The van der Waals surface area contributed by atoms with Crippen molar-refractivity contribution in [1.29, 1.82) is 0 Å². The molecule has 106 valence electrons. The number of hydrogen-bond acceptors (Lipinski definition) is 3. The van der Waals surface area contributed by atoms with E-state index >= 15 is 0 Å². The summed E-state index contributed by atoms with van der Waals surface area (Å²) in [5.41, 5.74) is 2.64. The van der Waals surface area contributed by atoms with Gasteiger partial charge in [0.25, 0.3) is 5.91 Å². The first kappa shape index (κ1) is 14.3. The van der Waals surface area contributed by atoms with Gasteiger partial charge in [-0.1, -0.05) is 18.2 Å². The second-order valence-electron chi connectivity index (χ2n) is 4.70. The quantitative estimate of drug-likeness (QED) is 0.899. The van der Waals surface area contributed by atoms with E-state index in [1.54, 1.807) is 29.8 Å². The van der Waals surface area contributed by atoms with Crippen LogP contribution in [0.5, 0.6) is 0 Å². The zero-order chi connectivity index (χ0) is 14.7. The molecule has 2 rings (SSSR count). The number of aliphatic hydroxyl groups excluding tert-OH is 1. The van der Waals surface area contributed by atoms with Gasteiger partial charge in [-0.2, -0.15) is 5.10 Å². The summed E-state index contributed by atoms with van der Waals surface area (Å²) < 4.78 is 1.66. The lowest BCUT2D eigenvalue weighted by atomic mass is 10.1. The first-order valence-corrected chi connectivity index (χ1v) is 6.65. The minimum absolute atomic E-state index is 0.222. The van der Waals surface area contributed by atoms with Crippen LogP contribution in [0.1, 0.15) is 41.7 Å². The number of carbonyl (C=O) groups is 1. The Morgan fingerprint density at radius 1 is 1.45 bits per heavy atom. The molecule has 0 saturated heterocycles. The van der Waals surface area contributed by atoms with Crippen LogP contribution >= 0.6 is 0 Å². The molecule has 0 aliphatic carbocycles. The van der Waals surface area contributed by atoms with Gasteiger partial charge in [0.15, 0.2) is 0 Å². The zero-order valence-electron chi connectivity index (χ0n) is 11.9. The van der Waals surface area contributed by atoms with Gasteiger partial charge in [-0.25, -0.2) is 0 Å². The molecule has 2 aromatic rings. The summed E-state index contributed by atoms with van der Waals surface area (Å²) in [4.78, 5) is 12.3. The molecular formula is C15H19N3O2. The minimum Gasteiger partial charge on any atom is -0.389 e. The maximum atomic E-state index is 12.3. The summed E-state index contributed by atoms with van der Waals surface area (Å²) >= 11 is 0. The van der Waals surface area contributed by atoms with E-state index < -0.39 is 6.10 Å². The zero-order valence-corrected chi connectivity index (χ0v) is 11.9. The summed E-state index contributed by atoms with van der Waals surface area (Å²) in [7, 11) is 0. The van der Waals surface area contributed by atoms with E-state index in [2.05, 4.69) is 10.4 Å². The lowest BCUT2D eigenvalue weighted by molar-refractivity contribution is 0.101. The molecule has 1 aromatic heterocycles. The van der Waals surface area contributed by atoms with Crippen LogP contribution in [0.4, 0.5) is 5.69 Å². The number of aromatic nitrogens is 2. The third-order valence-corrected chi connectivity index (χ3v) is 3.09. The van der Waals surface area contributed by atoms with Gasteiger partial charge < -0.3 is 10.4 Å². The Labute approximate surface area is 118 Å². The highest BCUT2D eigenvalue weighted by Gasteiger charge is 2.15. The number of nitrogens with zero attached hydrogens (tertiary/aromatic N) is 2. The molecule has 0 radical (unpaired) electrons. The number of aliphatic hydroxyl groups is 1. The number of nitrogens with one attached hydrogen (secondary N) is 1. The molecule has 0 saturated carbocycles. The molecule has 1 amide bonds. The monoisotopic (exact) mass is 273 g/mol. The van der Waals surface area contributed by atoms with Crippen LogP contribution in [0.15, 0.2) is 30.3 Å². The van der Waals surface area contributed by atoms with E-state index in [-0.39, 0.29) is 5.91 Å². The van der Waals surface area contributed by atoms with Crippen molar-refractivity contribution >= 4 is 11.6 Å². The molecule has 0 fully saturated rings. The molecule has 0 aliphatic heterocycles. The van der Waals surface area contributed by atoms with Crippen LogP contribution in [0.2, 0.25) is 0 Å². The van der Waals surface area contributed by atoms with Crippen molar-refractivity contribution in [3.05, 3.63) is 47.3 Å². The van der Waals surface area contributed by atoms with E-state index in [0.29, 0.717) is 23.5 Å². The lowest BCUT2D eigenvalue weighted by Gasteiger charge is -2.13. The Hall–Kier alpha value is -2.14. The van der Waals surface area contributed by atoms with Crippen molar-refractivity contribution in [3.8, 4) is 0 Å². The fraction of sp³-hybridized carbons (Fsp3) is 0.333. The Kier molecular flexibility index (Phi) is 4.20. The molecule has 1 heterocycles. The van der Waals surface area contributed by atoms with Gasteiger partial charge in [-0.05, 0) is 32.9 Å². The topological polar surface area (TPSA) is 67.2 Å². The Balaban J connectivity index is 2.28. The summed E-state index contributed by atoms with van der Waals surface area (Å²) in [5, 5.41) is 16.8. The highest BCUT2D eigenvalue weighted by atomic mass is 16.3. The number of aryl methyl sites for hydroxylation is 2. The van der Waals surface area contributed by atoms with Gasteiger partial charge in [-0.15, -0.1) is 0 Å². The molecule has 0 bridgehead atoms. The van der Waals surface area contributed by atoms with Gasteiger partial charge in [0.2, 0.25) is 0 Å². The fourth-order valence-electron chi connectivity index (χ4n) is 2.13. The molecule has 5 nitrogen and oxygen atoms in total. The molecular weight excluding hydrogens is 254 g/mol. The average molecular weight is 273 g/mol. The van der Waals surface area contributed by atoms with Gasteiger partial charge in [0.1, 0.15) is 5.69 Å². The first-order chi connectivity index (χ1) is 9.52. The molecule has 0 spiro atoms. The SMILES string of the molecule is CCn1nc(C)cc1C(=O)Nc1ccccc1C(C)O. The Morgan fingerprint density at radius 2 is 2.15 bits per heavy atom. The van der Waals surface area contributed by atoms with Crippen LogP contribution in [-0.2, 0) is 6.54 Å². The van der Waals surface area contributed by atoms with Crippen molar-refractivity contribution in [3.63, 3.8) is 0 Å². The molecule has 2 N–H and O–H groups in total. The van der Waals surface area contributed by atoms with E-state index in [1.807, 2.05) is 26.0 Å². The number of rotatable bonds is 4.